The maximum absolute atomic E-state index is 5.51. The molecule has 0 saturated heterocycles. The van der Waals surface area contributed by atoms with Crippen molar-refractivity contribution in [3.05, 3.63) is 72.8 Å². The molecule has 0 radical (unpaired) electrons. The molecule has 0 unspecified atom stereocenters. The molecule has 0 heterocycles. The quantitative estimate of drug-likeness (QED) is 0.462. The topological polar surface area (TPSA) is 9.23 Å². The third-order valence-corrected chi connectivity index (χ3v) is 1.92. The second kappa shape index (κ2) is 8.54. The molecule has 0 bridgehead atoms. The molecule has 1 heteroatoms. The van der Waals surface area contributed by atoms with Gasteiger partial charge in [-0.3, -0.25) is 0 Å². The molecule has 0 atom stereocenters. The maximum atomic E-state index is 5.51. The number of hydrogen-bond acceptors (Lipinski definition) is 1. The molecule has 0 aromatic carbocycles. The average molecular weight is 216 g/mol. The van der Waals surface area contributed by atoms with E-state index in [0.29, 0.717) is 5.76 Å². The Morgan fingerprint density at radius 2 is 1.75 bits per heavy atom. The van der Waals surface area contributed by atoms with Gasteiger partial charge in [0.15, 0.2) is 0 Å². The molecule has 86 valence electrons. The Bertz CT molecular complexity index is 352. The average Bonchev–Trinajstić information content (AvgIpc) is 2.31. The van der Waals surface area contributed by atoms with E-state index < -0.39 is 0 Å². The second-order valence-electron chi connectivity index (χ2n) is 3.22. The van der Waals surface area contributed by atoms with Crippen LogP contribution in [-0.2, 0) is 4.74 Å². The summed E-state index contributed by atoms with van der Waals surface area (Å²) in [6.07, 6.45) is 13.1. The highest BCUT2D eigenvalue weighted by Crippen LogP contribution is 2.09. The minimum atomic E-state index is 0.614. The van der Waals surface area contributed by atoms with Gasteiger partial charge in [-0.05, 0) is 39.0 Å². The summed E-state index contributed by atoms with van der Waals surface area (Å²) >= 11 is 0. The minimum Gasteiger partial charge on any atom is -0.458 e. The Labute approximate surface area is 98.8 Å². The van der Waals surface area contributed by atoms with E-state index in [0.717, 1.165) is 5.76 Å². The Morgan fingerprint density at radius 3 is 2.25 bits per heavy atom. The Balaban J connectivity index is 4.39. The first kappa shape index (κ1) is 14.2. The maximum Gasteiger partial charge on any atom is 0.123 e. The third-order valence-electron chi connectivity index (χ3n) is 1.92. The summed E-state index contributed by atoms with van der Waals surface area (Å²) in [4.78, 5) is 0. The lowest BCUT2D eigenvalue weighted by molar-refractivity contribution is 0.337. The first-order valence-corrected chi connectivity index (χ1v) is 5.27. The first-order valence-electron chi connectivity index (χ1n) is 5.27. The SMILES string of the molecule is C=C/C=C\C(=C/C)OC(=C)/C=C\C(C)=C/C. The van der Waals surface area contributed by atoms with Crippen LogP contribution in [0.4, 0.5) is 0 Å². The third kappa shape index (κ3) is 6.66. The molecule has 0 saturated carbocycles. The van der Waals surface area contributed by atoms with Crippen molar-refractivity contribution in [1.29, 1.82) is 0 Å². The molecular weight excluding hydrogens is 196 g/mol. The Kier molecular flexibility index (Phi) is 7.60. The highest BCUT2D eigenvalue weighted by Gasteiger charge is 1.93. The van der Waals surface area contributed by atoms with Gasteiger partial charge >= 0.3 is 0 Å². The van der Waals surface area contributed by atoms with Crippen LogP contribution in [0.15, 0.2) is 72.8 Å². The second-order valence-corrected chi connectivity index (χ2v) is 3.22. The van der Waals surface area contributed by atoms with Gasteiger partial charge in [-0.2, -0.15) is 0 Å². The summed E-state index contributed by atoms with van der Waals surface area (Å²) in [5.74, 6) is 1.37. The fraction of sp³-hybridized carbons (Fsp3) is 0.200. The van der Waals surface area contributed by atoms with Gasteiger partial charge in [0.25, 0.3) is 0 Å². The Morgan fingerprint density at radius 1 is 1.06 bits per heavy atom. The molecule has 0 fully saturated rings. The molecule has 0 aromatic heterocycles. The van der Waals surface area contributed by atoms with Crippen LogP contribution >= 0.6 is 0 Å². The molecule has 0 rings (SSSR count). The fourth-order valence-corrected chi connectivity index (χ4v) is 0.858. The van der Waals surface area contributed by atoms with Gasteiger partial charge < -0.3 is 4.74 Å². The molecular formula is C15H20O. The van der Waals surface area contributed by atoms with Gasteiger partial charge in [-0.25, -0.2) is 0 Å². The summed E-state index contributed by atoms with van der Waals surface area (Å²) in [5.41, 5.74) is 1.17. The predicted molar refractivity (Wildman–Crippen MR) is 71.9 cm³/mol. The summed E-state index contributed by atoms with van der Waals surface area (Å²) in [5, 5.41) is 0. The van der Waals surface area contributed by atoms with Gasteiger partial charge in [0.05, 0.1) is 0 Å². The smallest absolute Gasteiger partial charge is 0.123 e. The van der Waals surface area contributed by atoms with E-state index in [-0.39, 0.29) is 0 Å². The highest BCUT2D eigenvalue weighted by molar-refractivity contribution is 5.24. The summed E-state index contributed by atoms with van der Waals surface area (Å²) in [6, 6.07) is 0. The molecule has 16 heavy (non-hydrogen) atoms. The molecule has 0 aliphatic carbocycles. The normalized spacial score (nSPS) is 13.4. The highest BCUT2D eigenvalue weighted by atomic mass is 16.5. The van der Waals surface area contributed by atoms with Crippen LogP contribution in [0.3, 0.4) is 0 Å². The van der Waals surface area contributed by atoms with E-state index >= 15 is 0 Å². The van der Waals surface area contributed by atoms with Gasteiger partial charge in [-0.1, -0.05) is 43.0 Å². The van der Waals surface area contributed by atoms with Gasteiger partial charge in [0.1, 0.15) is 11.5 Å². The fourth-order valence-electron chi connectivity index (χ4n) is 0.858. The zero-order valence-corrected chi connectivity index (χ0v) is 10.4. The standard InChI is InChI=1S/C15H20O/c1-6-9-10-15(8-3)16-14(5)12-11-13(4)7-2/h6-12H,1,5H2,2-4H3/b10-9-,12-11-,13-7-,15-8+. The van der Waals surface area contributed by atoms with Crippen molar-refractivity contribution in [3.8, 4) is 0 Å². The summed E-state index contributed by atoms with van der Waals surface area (Å²) < 4.78 is 5.51. The van der Waals surface area contributed by atoms with Crippen molar-refractivity contribution >= 4 is 0 Å². The van der Waals surface area contributed by atoms with E-state index in [1.54, 1.807) is 6.08 Å². The molecule has 0 N–H and O–H groups in total. The van der Waals surface area contributed by atoms with E-state index in [1.165, 1.54) is 5.57 Å². The van der Waals surface area contributed by atoms with Crippen LogP contribution < -0.4 is 0 Å². The van der Waals surface area contributed by atoms with Crippen molar-refractivity contribution in [1.82, 2.24) is 0 Å². The summed E-state index contributed by atoms with van der Waals surface area (Å²) in [7, 11) is 0. The zero-order chi connectivity index (χ0) is 12.4. The van der Waals surface area contributed by atoms with Crippen LogP contribution in [0, 0.1) is 0 Å². The number of hydrogen-bond donors (Lipinski definition) is 0. The van der Waals surface area contributed by atoms with Gasteiger partial charge in [-0.15, -0.1) is 0 Å². The number of rotatable bonds is 6. The Hall–Kier alpha value is -1.76. The van der Waals surface area contributed by atoms with E-state index in [1.807, 2.05) is 57.2 Å². The van der Waals surface area contributed by atoms with Gasteiger partial charge in [0.2, 0.25) is 0 Å². The van der Waals surface area contributed by atoms with Gasteiger partial charge in [0, 0.05) is 0 Å². The zero-order valence-electron chi connectivity index (χ0n) is 10.4. The van der Waals surface area contributed by atoms with Crippen molar-refractivity contribution in [2.45, 2.75) is 20.8 Å². The van der Waals surface area contributed by atoms with Crippen LogP contribution in [0.25, 0.3) is 0 Å². The van der Waals surface area contributed by atoms with Crippen LogP contribution in [0.1, 0.15) is 20.8 Å². The molecule has 0 amide bonds. The molecule has 0 aromatic rings. The van der Waals surface area contributed by atoms with Crippen LogP contribution in [-0.4, -0.2) is 0 Å². The monoisotopic (exact) mass is 216 g/mol. The largest absolute Gasteiger partial charge is 0.458 e. The van der Waals surface area contributed by atoms with Crippen molar-refractivity contribution in [2.75, 3.05) is 0 Å². The first-order chi connectivity index (χ1) is 7.63. The van der Waals surface area contributed by atoms with Crippen molar-refractivity contribution in [3.63, 3.8) is 0 Å². The summed E-state index contributed by atoms with van der Waals surface area (Å²) in [6.45, 7) is 13.4. The van der Waals surface area contributed by atoms with Crippen LogP contribution in [0.2, 0.25) is 0 Å². The van der Waals surface area contributed by atoms with Crippen molar-refractivity contribution < 1.29 is 4.74 Å². The van der Waals surface area contributed by atoms with Crippen molar-refractivity contribution in [2.24, 2.45) is 0 Å². The predicted octanol–water partition coefficient (Wildman–Crippen LogP) is 4.69. The lowest BCUT2D eigenvalue weighted by atomic mass is 10.2. The molecule has 0 spiro atoms. The number of ether oxygens (including phenoxy) is 1. The van der Waals surface area contributed by atoms with E-state index in [4.69, 9.17) is 4.74 Å². The lowest BCUT2D eigenvalue weighted by Crippen LogP contribution is -1.86. The minimum absolute atomic E-state index is 0.614. The number of allylic oxidation sites excluding steroid dienone is 8. The lowest BCUT2D eigenvalue weighted by Gasteiger charge is -2.05. The van der Waals surface area contributed by atoms with E-state index in [9.17, 15) is 0 Å². The molecule has 1 nitrogen and oxygen atoms in total. The van der Waals surface area contributed by atoms with Crippen LogP contribution in [0.5, 0.6) is 0 Å². The van der Waals surface area contributed by atoms with E-state index in [2.05, 4.69) is 13.2 Å². The molecule has 0 aliphatic rings. The molecule has 0 aliphatic heterocycles.